The summed E-state index contributed by atoms with van der Waals surface area (Å²) in [4.78, 5) is 8.41. The fourth-order valence-electron chi connectivity index (χ4n) is 2.53. The van der Waals surface area contributed by atoms with Crippen molar-refractivity contribution < 1.29 is 13.5 Å². The molecule has 0 aromatic carbocycles. The molecule has 5 heteroatoms. The maximum atomic E-state index is 13.2. The lowest BCUT2D eigenvalue weighted by Crippen LogP contribution is -2.22. The number of aliphatic imine (C=N–C) groups is 1. The zero-order valence-electron chi connectivity index (χ0n) is 16.0. The van der Waals surface area contributed by atoms with Crippen LogP contribution in [0.3, 0.4) is 0 Å². The van der Waals surface area contributed by atoms with Crippen LogP contribution in [0.2, 0.25) is 0 Å². The van der Waals surface area contributed by atoms with Crippen molar-refractivity contribution in [2.24, 2.45) is 10.9 Å². The molecular weight excluding hydrogens is 322 g/mol. The van der Waals surface area contributed by atoms with E-state index in [0.29, 0.717) is 18.3 Å². The minimum atomic E-state index is -2.94. The van der Waals surface area contributed by atoms with Crippen molar-refractivity contribution in [2.45, 2.75) is 66.2 Å². The van der Waals surface area contributed by atoms with E-state index in [1.54, 1.807) is 0 Å². The highest BCUT2D eigenvalue weighted by atomic mass is 19.3. The number of aromatic nitrogens is 1. The average molecular weight is 352 g/mol. The van der Waals surface area contributed by atoms with Crippen molar-refractivity contribution in [3.63, 3.8) is 0 Å². The second-order valence-electron chi connectivity index (χ2n) is 6.66. The first kappa shape index (κ1) is 21.3. The van der Waals surface area contributed by atoms with E-state index < -0.39 is 5.92 Å². The van der Waals surface area contributed by atoms with Crippen LogP contribution in [-0.4, -0.2) is 17.3 Å². The zero-order chi connectivity index (χ0) is 18.9. The second-order valence-corrected chi connectivity index (χ2v) is 6.66. The molecule has 1 heterocycles. The Kier molecular flexibility index (Phi) is 8.73. The number of hydrogen-bond donors (Lipinski definition) is 0. The van der Waals surface area contributed by atoms with Crippen LogP contribution in [0.25, 0.3) is 0 Å². The van der Waals surface area contributed by atoms with Crippen LogP contribution in [0.15, 0.2) is 35.1 Å². The van der Waals surface area contributed by atoms with Gasteiger partial charge in [0.05, 0.1) is 11.9 Å². The lowest BCUT2D eigenvalue weighted by atomic mass is 9.93. The van der Waals surface area contributed by atoms with Gasteiger partial charge in [-0.3, -0.25) is 9.98 Å². The van der Waals surface area contributed by atoms with E-state index in [1.807, 2.05) is 20.0 Å². The standard InChI is InChI=1S/C20H30F2N2O/c1-6-8-16(9-7-2)18(23-12-15(3)4)14-25-17-10-11-19(24-13-17)20(5,21)22/h10-13,16H,6-9,14H2,1-5H3/b23-18+. The highest BCUT2D eigenvalue weighted by Crippen LogP contribution is 2.26. The number of rotatable bonds is 10. The summed E-state index contributed by atoms with van der Waals surface area (Å²) in [6.07, 6.45) is 7.49. The predicted molar refractivity (Wildman–Crippen MR) is 99.5 cm³/mol. The number of ether oxygens (including phenoxy) is 1. The third-order valence-electron chi connectivity index (χ3n) is 3.81. The fraction of sp³-hybridized carbons (Fsp3) is 0.600. The van der Waals surface area contributed by atoms with E-state index in [9.17, 15) is 8.78 Å². The number of halogens is 2. The molecule has 0 spiro atoms. The molecule has 0 saturated heterocycles. The summed E-state index contributed by atoms with van der Waals surface area (Å²) in [5.74, 6) is -2.09. The molecule has 0 aliphatic carbocycles. The largest absolute Gasteiger partial charge is 0.486 e. The molecule has 0 radical (unpaired) electrons. The fourth-order valence-corrected chi connectivity index (χ4v) is 2.53. The third kappa shape index (κ3) is 7.76. The van der Waals surface area contributed by atoms with Gasteiger partial charge in [-0.15, -0.1) is 0 Å². The van der Waals surface area contributed by atoms with Gasteiger partial charge in [0.1, 0.15) is 18.1 Å². The summed E-state index contributed by atoms with van der Waals surface area (Å²) in [5, 5.41) is 0. The summed E-state index contributed by atoms with van der Waals surface area (Å²) in [5.41, 5.74) is 1.86. The van der Waals surface area contributed by atoms with Gasteiger partial charge in [0.2, 0.25) is 0 Å². The molecule has 0 aliphatic heterocycles. The van der Waals surface area contributed by atoms with Crippen molar-refractivity contribution in [2.75, 3.05) is 6.61 Å². The summed E-state index contributed by atoms with van der Waals surface area (Å²) >= 11 is 0. The number of alkyl halides is 2. The maximum Gasteiger partial charge on any atom is 0.286 e. The Hall–Kier alpha value is -1.78. The Morgan fingerprint density at radius 3 is 2.32 bits per heavy atom. The second kappa shape index (κ2) is 10.3. The normalized spacial score (nSPS) is 12.4. The molecule has 0 atom stereocenters. The van der Waals surface area contributed by atoms with Crippen molar-refractivity contribution in [1.29, 1.82) is 0 Å². The Morgan fingerprint density at radius 2 is 1.88 bits per heavy atom. The number of hydrogen-bond acceptors (Lipinski definition) is 3. The molecule has 1 aromatic rings. The lowest BCUT2D eigenvalue weighted by Gasteiger charge is -2.18. The van der Waals surface area contributed by atoms with Crippen molar-refractivity contribution in [3.05, 3.63) is 35.8 Å². The first-order chi connectivity index (χ1) is 11.8. The van der Waals surface area contributed by atoms with Gasteiger partial charge in [0, 0.05) is 19.0 Å². The first-order valence-electron chi connectivity index (χ1n) is 8.95. The smallest absolute Gasteiger partial charge is 0.286 e. The summed E-state index contributed by atoms with van der Waals surface area (Å²) in [7, 11) is 0. The van der Waals surface area contributed by atoms with E-state index in [1.165, 1.54) is 18.3 Å². The summed E-state index contributed by atoms with van der Waals surface area (Å²) in [6, 6.07) is 2.84. The van der Waals surface area contributed by atoms with Gasteiger partial charge in [-0.1, -0.05) is 32.3 Å². The molecular formula is C20H30F2N2O. The van der Waals surface area contributed by atoms with E-state index in [-0.39, 0.29) is 5.69 Å². The van der Waals surface area contributed by atoms with Gasteiger partial charge >= 0.3 is 0 Å². The molecule has 0 N–H and O–H groups in total. The summed E-state index contributed by atoms with van der Waals surface area (Å²) in [6.45, 7) is 9.51. The van der Waals surface area contributed by atoms with Crippen LogP contribution in [-0.2, 0) is 5.92 Å². The lowest BCUT2D eigenvalue weighted by molar-refractivity contribution is 0.0127. The van der Waals surface area contributed by atoms with Crippen LogP contribution >= 0.6 is 0 Å². The summed E-state index contributed by atoms with van der Waals surface area (Å²) < 4.78 is 32.2. The predicted octanol–water partition coefficient (Wildman–Crippen LogP) is 6.15. The molecule has 1 rings (SSSR count). The van der Waals surface area contributed by atoms with Gasteiger partial charge in [-0.05, 0) is 38.8 Å². The zero-order valence-corrected chi connectivity index (χ0v) is 16.0. The van der Waals surface area contributed by atoms with E-state index in [4.69, 9.17) is 4.74 Å². The molecule has 0 unspecified atom stereocenters. The monoisotopic (exact) mass is 352 g/mol. The first-order valence-corrected chi connectivity index (χ1v) is 8.95. The Labute approximate surface area is 150 Å². The highest BCUT2D eigenvalue weighted by molar-refractivity contribution is 5.88. The van der Waals surface area contributed by atoms with Crippen LogP contribution < -0.4 is 4.74 Å². The average Bonchev–Trinajstić information content (AvgIpc) is 2.54. The van der Waals surface area contributed by atoms with Crippen molar-refractivity contribution >= 4 is 5.71 Å². The van der Waals surface area contributed by atoms with Crippen LogP contribution in [0.5, 0.6) is 5.75 Å². The van der Waals surface area contributed by atoms with E-state index >= 15 is 0 Å². The van der Waals surface area contributed by atoms with Crippen LogP contribution in [0.4, 0.5) is 8.78 Å². The van der Waals surface area contributed by atoms with Gasteiger partial charge < -0.3 is 4.74 Å². The SMILES string of the molecule is CCCC(CCC)/C(COc1ccc(C(C)(F)F)nc1)=N/C=C(C)C. The molecule has 0 amide bonds. The highest BCUT2D eigenvalue weighted by Gasteiger charge is 2.25. The maximum absolute atomic E-state index is 13.2. The number of nitrogens with zero attached hydrogens (tertiary/aromatic N) is 2. The molecule has 0 saturated carbocycles. The topological polar surface area (TPSA) is 34.5 Å². The molecule has 1 aromatic heterocycles. The Bertz CT molecular complexity index is 564. The molecule has 3 nitrogen and oxygen atoms in total. The third-order valence-corrected chi connectivity index (χ3v) is 3.81. The molecule has 0 bridgehead atoms. The molecule has 0 aliphatic rings. The van der Waals surface area contributed by atoms with E-state index in [0.717, 1.165) is 43.9 Å². The van der Waals surface area contributed by atoms with Crippen LogP contribution in [0, 0.1) is 5.92 Å². The van der Waals surface area contributed by atoms with E-state index in [2.05, 4.69) is 23.8 Å². The molecule has 25 heavy (non-hydrogen) atoms. The number of pyridine rings is 1. The van der Waals surface area contributed by atoms with Crippen molar-refractivity contribution in [1.82, 2.24) is 4.98 Å². The molecule has 0 fully saturated rings. The van der Waals surface area contributed by atoms with Gasteiger partial charge in [0.15, 0.2) is 0 Å². The quantitative estimate of drug-likeness (QED) is 0.473. The minimum absolute atomic E-state index is 0.256. The van der Waals surface area contributed by atoms with Gasteiger partial charge in [0.25, 0.3) is 5.92 Å². The van der Waals surface area contributed by atoms with Gasteiger partial charge in [-0.2, -0.15) is 8.78 Å². The van der Waals surface area contributed by atoms with Crippen molar-refractivity contribution in [3.8, 4) is 5.75 Å². The number of allylic oxidation sites excluding steroid dienone is 1. The Balaban J connectivity index is 2.87. The Morgan fingerprint density at radius 1 is 1.24 bits per heavy atom. The minimum Gasteiger partial charge on any atom is -0.486 e. The van der Waals surface area contributed by atoms with Gasteiger partial charge in [-0.25, -0.2) is 0 Å². The van der Waals surface area contributed by atoms with Crippen LogP contribution in [0.1, 0.15) is 66.0 Å². The molecule has 140 valence electrons.